The molecule has 4 rings (SSSR count). The molecule has 2 N–H and O–H groups in total. The molecule has 3 unspecified atom stereocenters. The van der Waals surface area contributed by atoms with Gasteiger partial charge in [-0.05, 0) is 59.2 Å². The van der Waals surface area contributed by atoms with Gasteiger partial charge in [-0.2, -0.15) is 0 Å². The third-order valence-corrected chi connectivity index (χ3v) is 5.87. The quantitative estimate of drug-likeness (QED) is 0.561. The number of halogens is 1. The molecule has 0 saturated heterocycles. The SMILES string of the molecule is COC(=O)C1CCC(NCc2cc(-c3nnn[nH]3)ccc2OC)C1c1ccc(F)cc1. The molecule has 1 aromatic heterocycles. The van der Waals surface area contributed by atoms with E-state index in [0.29, 0.717) is 18.8 Å². The fourth-order valence-corrected chi connectivity index (χ4v) is 4.38. The van der Waals surface area contributed by atoms with Gasteiger partial charge in [0.15, 0.2) is 5.82 Å². The number of methoxy groups -OCH3 is 2. The molecule has 2 aromatic carbocycles. The number of H-pyrrole nitrogens is 1. The number of ether oxygens (including phenoxy) is 2. The lowest BCUT2D eigenvalue weighted by Gasteiger charge is -2.25. The Kier molecular flexibility index (Phi) is 6.22. The molecule has 1 aliphatic rings. The monoisotopic (exact) mass is 425 g/mol. The number of hydrogen-bond donors (Lipinski definition) is 2. The molecular weight excluding hydrogens is 401 g/mol. The Morgan fingerprint density at radius 3 is 2.68 bits per heavy atom. The van der Waals surface area contributed by atoms with E-state index in [1.807, 2.05) is 18.2 Å². The molecular formula is C22H24FN5O3. The molecule has 31 heavy (non-hydrogen) atoms. The number of nitrogens with zero attached hydrogens (tertiary/aromatic N) is 3. The van der Waals surface area contributed by atoms with Gasteiger partial charge >= 0.3 is 5.97 Å². The number of carbonyl (C=O) groups excluding carboxylic acids is 1. The number of tetrazole rings is 1. The fourth-order valence-electron chi connectivity index (χ4n) is 4.38. The number of aromatic amines is 1. The van der Waals surface area contributed by atoms with Crippen molar-refractivity contribution >= 4 is 5.97 Å². The standard InChI is InChI=1S/C22H24FN5O3/c1-30-19-10-5-14(21-25-27-28-26-21)11-15(19)12-24-18-9-8-17(22(29)31-2)20(18)13-3-6-16(23)7-4-13/h3-7,10-11,17-18,20,24H,8-9,12H2,1-2H3,(H,25,26,27,28). The largest absolute Gasteiger partial charge is 0.496 e. The molecule has 3 atom stereocenters. The van der Waals surface area contributed by atoms with Crippen LogP contribution in [0.15, 0.2) is 42.5 Å². The van der Waals surface area contributed by atoms with Gasteiger partial charge in [0.05, 0.1) is 20.1 Å². The second-order valence-electron chi connectivity index (χ2n) is 7.55. The van der Waals surface area contributed by atoms with E-state index in [9.17, 15) is 9.18 Å². The maximum atomic E-state index is 13.5. The highest BCUT2D eigenvalue weighted by molar-refractivity contribution is 5.74. The number of nitrogens with one attached hydrogen (secondary N) is 2. The zero-order valence-corrected chi connectivity index (χ0v) is 17.3. The normalized spacial score (nSPS) is 20.5. The summed E-state index contributed by atoms with van der Waals surface area (Å²) in [6.45, 7) is 0.523. The van der Waals surface area contributed by atoms with Crippen molar-refractivity contribution in [3.63, 3.8) is 0 Å². The van der Waals surface area contributed by atoms with Crippen molar-refractivity contribution < 1.29 is 18.7 Å². The first kappa shape index (κ1) is 20.9. The molecule has 3 aromatic rings. The van der Waals surface area contributed by atoms with Gasteiger partial charge in [-0.1, -0.05) is 12.1 Å². The summed E-state index contributed by atoms with van der Waals surface area (Å²) < 4.78 is 24.0. The molecule has 9 heteroatoms. The summed E-state index contributed by atoms with van der Waals surface area (Å²) in [5.74, 6) is 0.381. The van der Waals surface area contributed by atoms with Crippen molar-refractivity contribution in [2.75, 3.05) is 14.2 Å². The average Bonchev–Trinajstić information content (AvgIpc) is 3.48. The van der Waals surface area contributed by atoms with Crippen molar-refractivity contribution in [2.24, 2.45) is 5.92 Å². The zero-order chi connectivity index (χ0) is 21.8. The van der Waals surface area contributed by atoms with Crippen LogP contribution in [0.4, 0.5) is 4.39 Å². The smallest absolute Gasteiger partial charge is 0.309 e. The Morgan fingerprint density at radius 2 is 2.00 bits per heavy atom. The minimum atomic E-state index is -0.302. The van der Waals surface area contributed by atoms with Crippen molar-refractivity contribution in [3.05, 3.63) is 59.4 Å². The summed E-state index contributed by atoms with van der Waals surface area (Å²) in [5, 5.41) is 17.5. The first-order valence-electron chi connectivity index (χ1n) is 10.1. The Labute approximate surface area is 179 Å². The zero-order valence-electron chi connectivity index (χ0n) is 17.3. The molecule has 1 aliphatic carbocycles. The highest BCUT2D eigenvalue weighted by Gasteiger charge is 2.41. The molecule has 0 aliphatic heterocycles. The number of benzene rings is 2. The number of rotatable bonds is 7. The lowest BCUT2D eigenvalue weighted by atomic mass is 9.86. The molecule has 0 bridgehead atoms. The van der Waals surface area contributed by atoms with Gasteiger partial charge in [0.1, 0.15) is 11.6 Å². The first-order valence-corrected chi connectivity index (χ1v) is 10.1. The van der Waals surface area contributed by atoms with E-state index in [-0.39, 0.29) is 29.7 Å². The van der Waals surface area contributed by atoms with Crippen LogP contribution in [0.2, 0.25) is 0 Å². The van der Waals surface area contributed by atoms with Crippen molar-refractivity contribution in [3.8, 4) is 17.1 Å². The van der Waals surface area contributed by atoms with E-state index in [2.05, 4.69) is 25.9 Å². The number of hydrogen-bond acceptors (Lipinski definition) is 7. The highest BCUT2D eigenvalue weighted by atomic mass is 19.1. The minimum absolute atomic E-state index is 0.0230. The molecule has 1 fully saturated rings. The molecule has 1 heterocycles. The van der Waals surface area contributed by atoms with E-state index in [1.165, 1.54) is 19.2 Å². The lowest BCUT2D eigenvalue weighted by Crippen LogP contribution is -2.34. The van der Waals surface area contributed by atoms with Crippen LogP contribution < -0.4 is 10.1 Å². The van der Waals surface area contributed by atoms with Crippen LogP contribution in [0, 0.1) is 11.7 Å². The topological polar surface area (TPSA) is 102 Å². The fraction of sp³-hybridized carbons (Fsp3) is 0.364. The summed E-state index contributed by atoms with van der Waals surface area (Å²) in [5.41, 5.74) is 2.70. The molecule has 0 spiro atoms. The van der Waals surface area contributed by atoms with Crippen LogP contribution in [0.1, 0.15) is 29.9 Å². The van der Waals surface area contributed by atoms with Crippen molar-refractivity contribution in [1.82, 2.24) is 25.9 Å². The van der Waals surface area contributed by atoms with Gasteiger partial charge in [-0.3, -0.25) is 4.79 Å². The minimum Gasteiger partial charge on any atom is -0.496 e. The molecule has 8 nitrogen and oxygen atoms in total. The van der Waals surface area contributed by atoms with E-state index in [0.717, 1.165) is 28.9 Å². The Hall–Kier alpha value is -3.33. The Bertz CT molecular complexity index is 1030. The van der Waals surface area contributed by atoms with Crippen LogP contribution in [0.25, 0.3) is 11.4 Å². The van der Waals surface area contributed by atoms with Gasteiger partial charge < -0.3 is 14.8 Å². The average molecular weight is 425 g/mol. The van der Waals surface area contributed by atoms with Crippen LogP contribution in [-0.2, 0) is 16.1 Å². The Morgan fingerprint density at radius 1 is 1.19 bits per heavy atom. The first-order chi connectivity index (χ1) is 15.1. The molecule has 1 saturated carbocycles. The van der Waals surface area contributed by atoms with Crippen LogP contribution in [-0.4, -0.2) is 46.9 Å². The molecule has 162 valence electrons. The summed E-state index contributed by atoms with van der Waals surface area (Å²) in [7, 11) is 3.03. The maximum Gasteiger partial charge on any atom is 0.309 e. The van der Waals surface area contributed by atoms with Crippen LogP contribution in [0.3, 0.4) is 0 Å². The number of carbonyl (C=O) groups is 1. The van der Waals surface area contributed by atoms with Crippen molar-refractivity contribution in [2.45, 2.75) is 31.3 Å². The summed E-state index contributed by atoms with van der Waals surface area (Å²) >= 11 is 0. The van der Waals surface area contributed by atoms with E-state index in [4.69, 9.17) is 9.47 Å². The number of aromatic nitrogens is 4. The van der Waals surface area contributed by atoms with Crippen LogP contribution in [0.5, 0.6) is 5.75 Å². The van der Waals surface area contributed by atoms with Gasteiger partial charge in [-0.15, -0.1) is 5.10 Å². The van der Waals surface area contributed by atoms with Gasteiger partial charge in [0, 0.05) is 29.6 Å². The summed E-state index contributed by atoms with van der Waals surface area (Å²) in [6, 6.07) is 12.1. The highest BCUT2D eigenvalue weighted by Crippen LogP contribution is 2.41. The second kappa shape index (κ2) is 9.22. The van der Waals surface area contributed by atoms with Gasteiger partial charge in [0.25, 0.3) is 0 Å². The predicted octanol–water partition coefficient (Wildman–Crippen LogP) is 2.84. The lowest BCUT2D eigenvalue weighted by molar-refractivity contribution is -0.145. The second-order valence-corrected chi connectivity index (χ2v) is 7.55. The third-order valence-electron chi connectivity index (χ3n) is 5.87. The van der Waals surface area contributed by atoms with E-state index < -0.39 is 0 Å². The summed E-state index contributed by atoms with van der Waals surface area (Å²) in [4.78, 5) is 12.4. The van der Waals surface area contributed by atoms with Gasteiger partial charge in [0.2, 0.25) is 0 Å². The third kappa shape index (κ3) is 4.41. The maximum absolute atomic E-state index is 13.5. The van der Waals surface area contributed by atoms with E-state index in [1.54, 1.807) is 19.2 Å². The molecule has 0 amide bonds. The molecule has 0 radical (unpaired) electrons. The van der Waals surface area contributed by atoms with Gasteiger partial charge in [-0.25, -0.2) is 9.49 Å². The Balaban J connectivity index is 1.57. The number of esters is 1. The predicted molar refractivity (Wildman–Crippen MR) is 111 cm³/mol. The van der Waals surface area contributed by atoms with Crippen LogP contribution >= 0.6 is 0 Å². The summed E-state index contributed by atoms with van der Waals surface area (Å²) in [6.07, 6.45) is 1.50. The van der Waals surface area contributed by atoms with Crippen molar-refractivity contribution in [1.29, 1.82) is 0 Å². The van der Waals surface area contributed by atoms with E-state index >= 15 is 0 Å².